The highest BCUT2D eigenvalue weighted by Gasteiger charge is 2.12. The summed E-state index contributed by atoms with van der Waals surface area (Å²) >= 11 is 0. The van der Waals surface area contributed by atoms with Gasteiger partial charge < -0.3 is 20.3 Å². The standard InChI is InChI=1S/C20H19NO6/c1-12(2)27-17-5-3-4-13(8-17)6-7-18(22)21-16-10-14(19(23)24)9-15(11-16)20(25)26/h3-12H,1-2H3,(H,21,22)(H,23,24)(H,25,26)/b7-6+. The lowest BCUT2D eigenvalue weighted by atomic mass is 10.1. The summed E-state index contributed by atoms with van der Waals surface area (Å²) in [4.78, 5) is 34.3. The zero-order valence-electron chi connectivity index (χ0n) is 14.8. The first-order valence-corrected chi connectivity index (χ1v) is 8.12. The van der Waals surface area contributed by atoms with Crippen molar-refractivity contribution in [1.29, 1.82) is 0 Å². The molecule has 7 nitrogen and oxygen atoms in total. The van der Waals surface area contributed by atoms with E-state index < -0.39 is 17.8 Å². The predicted molar refractivity (Wildman–Crippen MR) is 100 cm³/mol. The maximum atomic E-state index is 12.1. The van der Waals surface area contributed by atoms with E-state index >= 15 is 0 Å². The molecular formula is C20H19NO6. The second kappa shape index (κ2) is 8.66. The fraction of sp³-hybridized carbons (Fsp3) is 0.150. The molecule has 2 aromatic rings. The quantitative estimate of drug-likeness (QED) is 0.644. The number of carbonyl (C=O) groups is 3. The van der Waals surface area contributed by atoms with Crippen LogP contribution in [0.1, 0.15) is 40.1 Å². The zero-order valence-corrected chi connectivity index (χ0v) is 14.8. The first-order valence-electron chi connectivity index (χ1n) is 8.12. The summed E-state index contributed by atoms with van der Waals surface area (Å²) in [7, 11) is 0. The van der Waals surface area contributed by atoms with Crippen LogP contribution in [0.25, 0.3) is 6.08 Å². The SMILES string of the molecule is CC(C)Oc1cccc(/C=C/C(=O)Nc2cc(C(=O)O)cc(C(=O)O)c2)c1. The van der Waals surface area contributed by atoms with E-state index in [0.717, 1.165) is 11.6 Å². The molecule has 2 rings (SSSR count). The van der Waals surface area contributed by atoms with E-state index in [1.54, 1.807) is 24.3 Å². The van der Waals surface area contributed by atoms with Crippen LogP contribution in [-0.4, -0.2) is 34.2 Å². The molecule has 0 aliphatic carbocycles. The van der Waals surface area contributed by atoms with Crippen LogP contribution in [0.5, 0.6) is 5.75 Å². The van der Waals surface area contributed by atoms with Crippen molar-refractivity contribution in [3.63, 3.8) is 0 Å². The fourth-order valence-electron chi connectivity index (χ4n) is 2.27. The second-order valence-electron chi connectivity index (χ2n) is 5.97. The van der Waals surface area contributed by atoms with E-state index in [9.17, 15) is 14.4 Å². The fourth-order valence-corrected chi connectivity index (χ4v) is 2.27. The van der Waals surface area contributed by atoms with Gasteiger partial charge in [0.25, 0.3) is 0 Å². The van der Waals surface area contributed by atoms with Crippen LogP contribution in [0.15, 0.2) is 48.5 Å². The number of anilines is 1. The molecule has 3 N–H and O–H groups in total. The number of amides is 1. The van der Waals surface area contributed by atoms with Gasteiger partial charge in [-0.3, -0.25) is 4.79 Å². The Labute approximate surface area is 155 Å². The molecule has 27 heavy (non-hydrogen) atoms. The molecule has 0 unspecified atom stereocenters. The molecule has 7 heteroatoms. The van der Waals surface area contributed by atoms with Gasteiger partial charge in [0.05, 0.1) is 17.2 Å². The van der Waals surface area contributed by atoms with E-state index in [-0.39, 0.29) is 22.9 Å². The Balaban J connectivity index is 2.14. The first kappa shape index (κ1) is 19.7. The Morgan fingerprint density at radius 3 is 2.19 bits per heavy atom. The lowest BCUT2D eigenvalue weighted by Crippen LogP contribution is -2.10. The predicted octanol–water partition coefficient (Wildman–Crippen LogP) is 3.52. The topological polar surface area (TPSA) is 113 Å². The van der Waals surface area contributed by atoms with Crippen molar-refractivity contribution < 1.29 is 29.3 Å². The van der Waals surface area contributed by atoms with Crippen molar-refractivity contribution >= 4 is 29.6 Å². The molecule has 0 saturated heterocycles. The molecule has 1 amide bonds. The van der Waals surface area contributed by atoms with Gasteiger partial charge in [0.2, 0.25) is 5.91 Å². The number of hydrogen-bond donors (Lipinski definition) is 3. The lowest BCUT2D eigenvalue weighted by molar-refractivity contribution is -0.111. The van der Waals surface area contributed by atoms with Crippen LogP contribution in [-0.2, 0) is 4.79 Å². The molecule has 0 aliphatic rings. The molecule has 0 fully saturated rings. The number of rotatable bonds is 7. The second-order valence-corrected chi connectivity index (χ2v) is 5.97. The molecule has 140 valence electrons. The Kier molecular flexibility index (Phi) is 6.32. The van der Waals surface area contributed by atoms with Crippen molar-refractivity contribution in [3.8, 4) is 5.75 Å². The smallest absolute Gasteiger partial charge is 0.335 e. The Hall–Kier alpha value is -3.61. The number of carbonyl (C=O) groups excluding carboxylic acids is 1. The van der Waals surface area contributed by atoms with E-state index in [1.807, 2.05) is 19.9 Å². The zero-order chi connectivity index (χ0) is 20.0. The number of carboxylic acid groups (broad SMARTS) is 2. The molecular weight excluding hydrogens is 350 g/mol. The van der Waals surface area contributed by atoms with Gasteiger partial charge in [0, 0.05) is 11.8 Å². The number of benzene rings is 2. The van der Waals surface area contributed by atoms with E-state index in [4.69, 9.17) is 14.9 Å². The van der Waals surface area contributed by atoms with Gasteiger partial charge in [-0.05, 0) is 55.8 Å². The maximum absolute atomic E-state index is 12.1. The third-order valence-electron chi connectivity index (χ3n) is 3.35. The highest BCUT2D eigenvalue weighted by Crippen LogP contribution is 2.17. The third-order valence-corrected chi connectivity index (χ3v) is 3.35. The lowest BCUT2D eigenvalue weighted by Gasteiger charge is -2.09. The summed E-state index contributed by atoms with van der Waals surface area (Å²) in [5.74, 6) is -2.42. The minimum atomic E-state index is -1.29. The minimum Gasteiger partial charge on any atom is -0.491 e. The van der Waals surface area contributed by atoms with Gasteiger partial charge in [-0.1, -0.05) is 12.1 Å². The summed E-state index contributed by atoms with van der Waals surface area (Å²) in [6.07, 6.45) is 2.86. The van der Waals surface area contributed by atoms with Crippen LogP contribution in [0, 0.1) is 0 Å². The molecule has 0 bridgehead atoms. The highest BCUT2D eigenvalue weighted by atomic mass is 16.5. The molecule has 0 aliphatic heterocycles. The maximum Gasteiger partial charge on any atom is 0.335 e. The Morgan fingerprint density at radius 2 is 1.63 bits per heavy atom. The number of aromatic carboxylic acids is 2. The molecule has 0 spiro atoms. The van der Waals surface area contributed by atoms with E-state index in [1.165, 1.54) is 18.2 Å². The van der Waals surface area contributed by atoms with Gasteiger partial charge in [0.1, 0.15) is 5.75 Å². The summed E-state index contributed by atoms with van der Waals surface area (Å²) in [5.41, 5.74) is 0.369. The van der Waals surface area contributed by atoms with Crippen LogP contribution < -0.4 is 10.1 Å². The molecule has 0 aromatic heterocycles. The van der Waals surface area contributed by atoms with Gasteiger partial charge in [-0.15, -0.1) is 0 Å². The van der Waals surface area contributed by atoms with Crippen LogP contribution in [0.2, 0.25) is 0 Å². The minimum absolute atomic E-state index is 0.0254. The highest BCUT2D eigenvalue weighted by molar-refractivity contribution is 6.04. The van der Waals surface area contributed by atoms with Crippen molar-refractivity contribution in [1.82, 2.24) is 0 Å². The van der Waals surface area contributed by atoms with Gasteiger partial charge in [-0.25, -0.2) is 9.59 Å². The van der Waals surface area contributed by atoms with Crippen molar-refractivity contribution in [2.75, 3.05) is 5.32 Å². The first-order chi connectivity index (χ1) is 12.7. The summed E-state index contributed by atoms with van der Waals surface area (Å²) in [6.45, 7) is 3.82. The molecule has 0 saturated carbocycles. The number of hydrogen-bond acceptors (Lipinski definition) is 4. The third kappa shape index (κ3) is 6.00. The summed E-state index contributed by atoms with van der Waals surface area (Å²) in [5, 5.41) is 20.6. The largest absolute Gasteiger partial charge is 0.491 e. The number of ether oxygens (including phenoxy) is 1. The molecule has 0 radical (unpaired) electrons. The molecule has 0 heterocycles. The Bertz CT molecular complexity index is 869. The summed E-state index contributed by atoms with van der Waals surface area (Å²) < 4.78 is 5.58. The van der Waals surface area contributed by atoms with E-state index in [0.29, 0.717) is 5.75 Å². The van der Waals surface area contributed by atoms with Gasteiger partial charge >= 0.3 is 11.9 Å². The van der Waals surface area contributed by atoms with Crippen molar-refractivity contribution in [2.45, 2.75) is 20.0 Å². The van der Waals surface area contributed by atoms with Crippen molar-refractivity contribution in [3.05, 3.63) is 65.2 Å². The summed E-state index contributed by atoms with van der Waals surface area (Å²) in [6, 6.07) is 10.6. The van der Waals surface area contributed by atoms with Gasteiger partial charge in [0.15, 0.2) is 0 Å². The van der Waals surface area contributed by atoms with Crippen LogP contribution in [0.3, 0.4) is 0 Å². The van der Waals surface area contributed by atoms with Crippen LogP contribution >= 0.6 is 0 Å². The van der Waals surface area contributed by atoms with Crippen molar-refractivity contribution in [2.24, 2.45) is 0 Å². The molecule has 2 aromatic carbocycles. The average molecular weight is 369 g/mol. The monoisotopic (exact) mass is 369 g/mol. The van der Waals surface area contributed by atoms with E-state index in [2.05, 4.69) is 5.32 Å². The average Bonchev–Trinajstić information content (AvgIpc) is 2.59. The molecule has 0 atom stereocenters. The Morgan fingerprint density at radius 1 is 1.00 bits per heavy atom. The van der Waals surface area contributed by atoms with Gasteiger partial charge in [-0.2, -0.15) is 0 Å². The normalized spacial score (nSPS) is 10.8. The van der Waals surface area contributed by atoms with Crippen LogP contribution in [0.4, 0.5) is 5.69 Å². The number of carboxylic acids is 2. The number of nitrogens with one attached hydrogen (secondary N) is 1.